The van der Waals surface area contributed by atoms with E-state index < -0.39 is 0 Å². The fourth-order valence-electron chi connectivity index (χ4n) is 2.22. The second kappa shape index (κ2) is 8.30. The first-order chi connectivity index (χ1) is 11.1. The largest absolute Gasteiger partial charge is 0.490 e. The third kappa shape index (κ3) is 5.08. The van der Waals surface area contributed by atoms with Crippen LogP contribution >= 0.6 is 12.2 Å². The first kappa shape index (κ1) is 17.0. The zero-order chi connectivity index (χ0) is 16.7. The molecule has 0 unspecified atom stereocenters. The van der Waals surface area contributed by atoms with Gasteiger partial charge in [0.25, 0.3) is 0 Å². The Kier molecular flexibility index (Phi) is 6.13. The summed E-state index contributed by atoms with van der Waals surface area (Å²) in [6.45, 7) is 1.10. The van der Waals surface area contributed by atoms with Gasteiger partial charge in [0.2, 0.25) is 0 Å². The van der Waals surface area contributed by atoms with Crippen molar-refractivity contribution in [3.05, 3.63) is 65.5 Å². The van der Waals surface area contributed by atoms with E-state index >= 15 is 0 Å². The molecule has 0 aliphatic carbocycles. The molecule has 0 aromatic heterocycles. The molecule has 0 amide bonds. The van der Waals surface area contributed by atoms with Gasteiger partial charge in [-0.05, 0) is 47.6 Å². The van der Waals surface area contributed by atoms with Crippen LogP contribution in [0.5, 0.6) is 0 Å². The lowest BCUT2D eigenvalue weighted by Gasteiger charge is -2.23. The summed E-state index contributed by atoms with van der Waals surface area (Å²) >= 11 is 5.07. The summed E-state index contributed by atoms with van der Waals surface area (Å²) in [6, 6.07) is 14.5. The van der Waals surface area contributed by atoms with Gasteiger partial charge < -0.3 is 9.64 Å². The summed E-state index contributed by atoms with van der Waals surface area (Å²) in [5.41, 5.74) is 3.11. The van der Waals surface area contributed by atoms with Gasteiger partial charge in [-0.25, -0.2) is 4.39 Å². The third-order valence-corrected chi connectivity index (χ3v) is 3.76. The average molecular weight is 327 g/mol. The Morgan fingerprint density at radius 3 is 2.30 bits per heavy atom. The van der Waals surface area contributed by atoms with Gasteiger partial charge in [-0.1, -0.05) is 30.2 Å². The van der Waals surface area contributed by atoms with E-state index in [9.17, 15) is 4.39 Å². The molecular formula is C19H18FNOS. The Bertz CT molecular complexity index is 689. The van der Waals surface area contributed by atoms with Gasteiger partial charge in [-0.15, -0.1) is 6.42 Å². The van der Waals surface area contributed by atoms with E-state index in [2.05, 4.69) is 10.8 Å². The summed E-state index contributed by atoms with van der Waals surface area (Å²) in [4.78, 5) is 2.06. The number of thiocarbonyl (C=S) groups is 1. The minimum absolute atomic E-state index is 0.240. The zero-order valence-electron chi connectivity index (χ0n) is 13.0. The van der Waals surface area contributed by atoms with Gasteiger partial charge in [0.05, 0.1) is 13.7 Å². The lowest BCUT2D eigenvalue weighted by Crippen LogP contribution is -2.22. The standard InChI is InChI=1S/C19H18FNOS/c1-3-12-21(14-16-4-8-17(20)9-5-16)18-10-6-15(7-11-18)13-19(23)22-2/h1,4-11H,12-14H2,2H3. The summed E-state index contributed by atoms with van der Waals surface area (Å²) < 4.78 is 18.0. The van der Waals surface area contributed by atoms with Gasteiger partial charge in [-0.3, -0.25) is 0 Å². The highest BCUT2D eigenvalue weighted by Crippen LogP contribution is 2.18. The van der Waals surface area contributed by atoms with E-state index in [1.54, 1.807) is 19.2 Å². The normalized spacial score (nSPS) is 9.96. The molecule has 0 fully saturated rings. The molecule has 23 heavy (non-hydrogen) atoms. The van der Waals surface area contributed by atoms with Crippen molar-refractivity contribution in [2.75, 3.05) is 18.6 Å². The molecule has 2 aromatic carbocycles. The fourth-order valence-corrected chi connectivity index (χ4v) is 2.39. The van der Waals surface area contributed by atoms with E-state index in [0.717, 1.165) is 16.8 Å². The first-order valence-electron chi connectivity index (χ1n) is 7.21. The molecule has 0 radical (unpaired) electrons. The Morgan fingerprint density at radius 2 is 1.74 bits per heavy atom. The lowest BCUT2D eigenvalue weighted by molar-refractivity contribution is 0.406. The van der Waals surface area contributed by atoms with Crippen LogP contribution in [0.4, 0.5) is 10.1 Å². The highest BCUT2D eigenvalue weighted by Gasteiger charge is 2.07. The van der Waals surface area contributed by atoms with Crippen molar-refractivity contribution in [2.45, 2.75) is 13.0 Å². The molecule has 4 heteroatoms. The smallest absolute Gasteiger partial charge is 0.163 e. The van der Waals surface area contributed by atoms with E-state index in [4.69, 9.17) is 23.4 Å². The quantitative estimate of drug-likeness (QED) is 0.588. The number of benzene rings is 2. The van der Waals surface area contributed by atoms with Crippen LogP contribution in [0.1, 0.15) is 11.1 Å². The highest BCUT2D eigenvalue weighted by atomic mass is 32.1. The van der Waals surface area contributed by atoms with Gasteiger partial charge in [0, 0.05) is 18.7 Å². The number of hydrogen-bond acceptors (Lipinski definition) is 3. The number of hydrogen-bond donors (Lipinski definition) is 0. The molecule has 0 aliphatic heterocycles. The molecule has 118 valence electrons. The molecule has 0 heterocycles. The third-order valence-electron chi connectivity index (χ3n) is 3.45. The number of nitrogens with zero attached hydrogens (tertiary/aromatic N) is 1. The van der Waals surface area contributed by atoms with Crippen molar-refractivity contribution in [1.29, 1.82) is 0 Å². The number of halogens is 1. The number of ether oxygens (including phenoxy) is 1. The molecule has 2 nitrogen and oxygen atoms in total. The number of rotatable bonds is 6. The Labute approximate surface area is 141 Å². The molecular weight excluding hydrogens is 309 g/mol. The Morgan fingerprint density at radius 1 is 1.13 bits per heavy atom. The monoisotopic (exact) mass is 327 g/mol. The van der Waals surface area contributed by atoms with Gasteiger partial charge in [0.15, 0.2) is 5.05 Å². The molecule has 0 saturated carbocycles. The van der Waals surface area contributed by atoms with Crippen molar-refractivity contribution in [1.82, 2.24) is 0 Å². The fraction of sp³-hybridized carbons (Fsp3) is 0.211. The van der Waals surface area contributed by atoms with Crippen LogP contribution in [0.15, 0.2) is 48.5 Å². The van der Waals surface area contributed by atoms with Crippen LogP contribution in [0.25, 0.3) is 0 Å². The maximum absolute atomic E-state index is 13.0. The predicted molar refractivity (Wildman–Crippen MR) is 96.0 cm³/mol. The Hall–Kier alpha value is -2.38. The van der Waals surface area contributed by atoms with Crippen LogP contribution in [0, 0.1) is 18.2 Å². The van der Waals surface area contributed by atoms with Crippen LogP contribution in [0.3, 0.4) is 0 Å². The molecule has 0 N–H and O–H groups in total. The van der Waals surface area contributed by atoms with Crippen LogP contribution in [-0.4, -0.2) is 18.7 Å². The van der Waals surface area contributed by atoms with Crippen molar-refractivity contribution >= 4 is 23.0 Å². The second-order valence-electron chi connectivity index (χ2n) is 5.11. The van der Waals surface area contributed by atoms with Crippen molar-refractivity contribution in [2.24, 2.45) is 0 Å². The van der Waals surface area contributed by atoms with Crippen molar-refractivity contribution in [3.8, 4) is 12.3 Å². The van der Waals surface area contributed by atoms with E-state index in [-0.39, 0.29) is 5.82 Å². The van der Waals surface area contributed by atoms with E-state index in [0.29, 0.717) is 24.6 Å². The van der Waals surface area contributed by atoms with Gasteiger partial charge in [0.1, 0.15) is 5.82 Å². The molecule has 0 saturated heterocycles. The van der Waals surface area contributed by atoms with Crippen molar-refractivity contribution in [3.63, 3.8) is 0 Å². The van der Waals surface area contributed by atoms with Crippen molar-refractivity contribution < 1.29 is 9.13 Å². The molecule has 0 atom stereocenters. The van der Waals surface area contributed by atoms with E-state index in [1.165, 1.54) is 12.1 Å². The lowest BCUT2D eigenvalue weighted by atomic mass is 10.1. The summed E-state index contributed by atoms with van der Waals surface area (Å²) in [5, 5.41) is 0.560. The number of methoxy groups -OCH3 is 1. The molecule has 0 aliphatic rings. The minimum atomic E-state index is -0.240. The van der Waals surface area contributed by atoms with Gasteiger partial charge in [-0.2, -0.15) is 0 Å². The van der Waals surface area contributed by atoms with Gasteiger partial charge >= 0.3 is 0 Å². The first-order valence-corrected chi connectivity index (χ1v) is 7.62. The molecule has 0 spiro atoms. The summed E-state index contributed by atoms with van der Waals surface area (Å²) in [6.07, 6.45) is 6.08. The second-order valence-corrected chi connectivity index (χ2v) is 5.56. The Balaban J connectivity index is 2.12. The predicted octanol–water partition coefficient (Wildman–Crippen LogP) is 3.98. The molecule has 2 rings (SSSR count). The molecule has 2 aromatic rings. The summed E-state index contributed by atoms with van der Waals surface area (Å²) in [7, 11) is 1.58. The average Bonchev–Trinajstić information content (AvgIpc) is 2.57. The zero-order valence-corrected chi connectivity index (χ0v) is 13.8. The van der Waals surface area contributed by atoms with Crippen LogP contribution in [0.2, 0.25) is 0 Å². The summed E-state index contributed by atoms with van der Waals surface area (Å²) in [5.74, 6) is 2.42. The SMILES string of the molecule is C#CCN(Cc1ccc(F)cc1)c1ccc(CC(=S)OC)cc1. The van der Waals surface area contributed by atoms with Crippen LogP contribution in [-0.2, 0) is 17.7 Å². The highest BCUT2D eigenvalue weighted by molar-refractivity contribution is 7.80. The number of anilines is 1. The van der Waals surface area contributed by atoms with E-state index in [1.807, 2.05) is 24.3 Å². The number of terminal acetylenes is 1. The maximum atomic E-state index is 13.0. The minimum Gasteiger partial charge on any atom is -0.490 e. The van der Waals surface area contributed by atoms with Crippen LogP contribution < -0.4 is 4.90 Å². The topological polar surface area (TPSA) is 12.5 Å². The molecule has 0 bridgehead atoms. The maximum Gasteiger partial charge on any atom is 0.163 e.